The van der Waals surface area contributed by atoms with Gasteiger partial charge >= 0.3 is 5.97 Å². The third kappa shape index (κ3) is 2.84. The monoisotopic (exact) mass is 350 g/mol. The van der Waals surface area contributed by atoms with Crippen LogP contribution in [-0.4, -0.2) is 30.7 Å². The van der Waals surface area contributed by atoms with Crippen LogP contribution in [0.25, 0.3) is 10.9 Å². The molecule has 5 nitrogen and oxygen atoms in total. The number of ether oxygens (including phenoxy) is 2. The lowest BCUT2D eigenvalue weighted by Crippen LogP contribution is -2.45. The molecule has 1 aromatic heterocycles. The number of carbonyl (C=O) groups is 1. The van der Waals surface area contributed by atoms with Gasteiger partial charge in [-0.15, -0.1) is 0 Å². The number of rotatable bonds is 4. The van der Waals surface area contributed by atoms with E-state index in [0.29, 0.717) is 13.0 Å². The van der Waals surface area contributed by atoms with Crippen LogP contribution in [0.2, 0.25) is 0 Å². The van der Waals surface area contributed by atoms with E-state index in [4.69, 9.17) is 9.47 Å². The smallest absolute Gasteiger partial charge is 0.323 e. The number of fused-ring (bicyclic) bond motifs is 3. The average Bonchev–Trinajstić information content (AvgIpc) is 3.06. The summed E-state index contributed by atoms with van der Waals surface area (Å²) in [6.07, 6.45) is 0.616. The number of hydrogen-bond donors (Lipinski definition) is 2. The van der Waals surface area contributed by atoms with Crippen molar-refractivity contribution >= 4 is 16.9 Å². The molecule has 2 N–H and O–H groups in total. The van der Waals surface area contributed by atoms with Crippen LogP contribution >= 0.6 is 0 Å². The number of hydrogen-bond acceptors (Lipinski definition) is 4. The number of nitrogens with one attached hydrogen (secondary N) is 2. The van der Waals surface area contributed by atoms with Crippen LogP contribution in [0.1, 0.15) is 29.8 Å². The highest BCUT2D eigenvalue weighted by molar-refractivity contribution is 5.87. The number of esters is 1. The Kier molecular flexibility index (Phi) is 4.39. The van der Waals surface area contributed by atoms with E-state index in [2.05, 4.69) is 22.4 Å². The third-order valence-corrected chi connectivity index (χ3v) is 4.93. The molecular weight excluding hydrogens is 328 g/mol. The Balaban J connectivity index is 1.80. The van der Waals surface area contributed by atoms with Gasteiger partial charge in [0.25, 0.3) is 0 Å². The molecule has 1 aliphatic rings. The summed E-state index contributed by atoms with van der Waals surface area (Å²) in [6, 6.07) is 15.7. The van der Waals surface area contributed by atoms with Crippen molar-refractivity contribution in [1.29, 1.82) is 0 Å². The molecule has 5 heteroatoms. The Morgan fingerprint density at radius 1 is 1.15 bits per heavy atom. The van der Waals surface area contributed by atoms with Gasteiger partial charge in [-0.25, -0.2) is 0 Å². The van der Waals surface area contributed by atoms with Crippen LogP contribution in [-0.2, 0) is 16.0 Å². The summed E-state index contributed by atoms with van der Waals surface area (Å²) in [5.74, 6) is 0.602. The summed E-state index contributed by atoms with van der Waals surface area (Å²) in [4.78, 5) is 16.0. The molecule has 1 aliphatic heterocycles. The largest absolute Gasteiger partial charge is 0.497 e. The van der Waals surface area contributed by atoms with Gasteiger partial charge in [0, 0.05) is 23.0 Å². The van der Waals surface area contributed by atoms with Gasteiger partial charge in [-0.2, -0.15) is 0 Å². The van der Waals surface area contributed by atoms with Crippen molar-refractivity contribution in [2.24, 2.45) is 0 Å². The van der Waals surface area contributed by atoms with Crippen molar-refractivity contribution in [3.8, 4) is 5.75 Å². The first kappa shape index (κ1) is 16.7. The number of para-hydroxylation sites is 1. The molecule has 3 aromatic rings. The Bertz CT molecular complexity index is 930. The minimum atomic E-state index is -0.367. The fraction of sp³-hybridized carbons (Fsp3) is 0.286. The second kappa shape index (κ2) is 6.84. The fourth-order valence-electron chi connectivity index (χ4n) is 3.69. The van der Waals surface area contributed by atoms with E-state index < -0.39 is 0 Å². The molecule has 2 heterocycles. The van der Waals surface area contributed by atoms with Gasteiger partial charge in [0.2, 0.25) is 0 Å². The maximum Gasteiger partial charge on any atom is 0.323 e. The van der Waals surface area contributed by atoms with Crippen LogP contribution in [0, 0.1) is 0 Å². The quantitative estimate of drug-likeness (QED) is 0.709. The average molecular weight is 350 g/mol. The van der Waals surface area contributed by atoms with E-state index in [9.17, 15) is 4.79 Å². The zero-order valence-electron chi connectivity index (χ0n) is 14.9. The zero-order chi connectivity index (χ0) is 18.1. The number of aromatic amines is 1. The molecule has 0 bridgehead atoms. The molecule has 2 aromatic carbocycles. The van der Waals surface area contributed by atoms with E-state index in [0.717, 1.165) is 27.9 Å². The number of methoxy groups -OCH3 is 1. The molecule has 134 valence electrons. The van der Waals surface area contributed by atoms with Gasteiger partial charge in [-0.1, -0.05) is 30.3 Å². The lowest BCUT2D eigenvalue weighted by atomic mass is 9.90. The van der Waals surface area contributed by atoms with Crippen LogP contribution < -0.4 is 10.1 Å². The standard InChI is InChI=1S/C21H22N2O3/c1-3-26-21(24)18-12-16-15-6-4-5-7-17(15)22-20(16)19(23-18)13-8-10-14(25-2)11-9-13/h4-11,18-19,22-23H,3,12H2,1-2H3. The van der Waals surface area contributed by atoms with Crippen molar-refractivity contribution in [3.05, 3.63) is 65.4 Å². The molecular formula is C21H22N2O3. The molecule has 0 saturated carbocycles. The predicted molar refractivity (Wildman–Crippen MR) is 100 cm³/mol. The first-order valence-corrected chi connectivity index (χ1v) is 8.87. The number of H-pyrrole nitrogens is 1. The molecule has 26 heavy (non-hydrogen) atoms. The minimum absolute atomic E-state index is 0.105. The number of benzene rings is 2. The van der Waals surface area contributed by atoms with Gasteiger partial charge in [0.15, 0.2) is 0 Å². The third-order valence-electron chi connectivity index (χ3n) is 4.93. The SMILES string of the molecule is CCOC(=O)C1Cc2c([nH]c3ccccc23)C(c2ccc(OC)cc2)N1. The van der Waals surface area contributed by atoms with E-state index in [1.807, 2.05) is 43.3 Å². The maximum absolute atomic E-state index is 12.4. The summed E-state index contributed by atoms with van der Waals surface area (Å²) in [6.45, 7) is 2.21. The van der Waals surface area contributed by atoms with Crippen molar-refractivity contribution in [3.63, 3.8) is 0 Å². The minimum Gasteiger partial charge on any atom is -0.497 e. The molecule has 2 unspecified atom stereocenters. The van der Waals surface area contributed by atoms with Crippen molar-refractivity contribution in [2.75, 3.05) is 13.7 Å². The zero-order valence-corrected chi connectivity index (χ0v) is 14.9. The molecule has 0 saturated heterocycles. The molecule has 2 atom stereocenters. The van der Waals surface area contributed by atoms with Crippen LogP contribution in [0.4, 0.5) is 0 Å². The van der Waals surface area contributed by atoms with Crippen LogP contribution in [0.3, 0.4) is 0 Å². The predicted octanol–water partition coefficient (Wildman–Crippen LogP) is 3.34. The van der Waals surface area contributed by atoms with Crippen molar-refractivity contribution in [2.45, 2.75) is 25.4 Å². The van der Waals surface area contributed by atoms with E-state index in [-0.39, 0.29) is 18.1 Å². The Morgan fingerprint density at radius 2 is 1.92 bits per heavy atom. The van der Waals surface area contributed by atoms with E-state index in [1.54, 1.807) is 7.11 Å². The van der Waals surface area contributed by atoms with Gasteiger partial charge in [-0.3, -0.25) is 10.1 Å². The first-order valence-electron chi connectivity index (χ1n) is 8.87. The topological polar surface area (TPSA) is 63.4 Å². The highest BCUT2D eigenvalue weighted by Gasteiger charge is 2.34. The molecule has 0 fully saturated rings. The summed E-state index contributed by atoms with van der Waals surface area (Å²) < 4.78 is 10.5. The second-order valence-corrected chi connectivity index (χ2v) is 6.44. The highest BCUT2D eigenvalue weighted by atomic mass is 16.5. The molecule has 4 rings (SSSR count). The molecule has 0 radical (unpaired) electrons. The van der Waals surface area contributed by atoms with Gasteiger partial charge < -0.3 is 14.5 Å². The first-order chi connectivity index (χ1) is 12.7. The Hall–Kier alpha value is -2.79. The van der Waals surface area contributed by atoms with Gasteiger partial charge in [0.05, 0.1) is 19.8 Å². The normalized spacial score (nSPS) is 19.2. The molecule has 0 amide bonds. The van der Waals surface area contributed by atoms with E-state index in [1.165, 1.54) is 5.56 Å². The van der Waals surface area contributed by atoms with Gasteiger partial charge in [0.1, 0.15) is 11.8 Å². The highest BCUT2D eigenvalue weighted by Crippen LogP contribution is 2.35. The number of carbonyl (C=O) groups excluding carboxylic acids is 1. The molecule has 0 spiro atoms. The summed E-state index contributed by atoms with van der Waals surface area (Å²) in [5.41, 5.74) is 4.45. The summed E-state index contributed by atoms with van der Waals surface area (Å²) >= 11 is 0. The molecule has 0 aliphatic carbocycles. The second-order valence-electron chi connectivity index (χ2n) is 6.44. The maximum atomic E-state index is 12.4. The Labute approximate surface area is 152 Å². The lowest BCUT2D eigenvalue weighted by Gasteiger charge is -2.30. The summed E-state index contributed by atoms with van der Waals surface area (Å²) in [5, 5.41) is 4.63. The number of aromatic nitrogens is 1. The van der Waals surface area contributed by atoms with E-state index >= 15 is 0 Å². The van der Waals surface area contributed by atoms with Crippen molar-refractivity contribution < 1.29 is 14.3 Å². The Morgan fingerprint density at radius 3 is 2.65 bits per heavy atom. The van der Waals surface area contributed by atoms with Crippen molar-refractivity contribution in [1.82, 2.24) is 10.3 Å². The van der Waals surface area contributed by atoms with Gasteiger partial charge in [-0.05, 0) is 36.2 Å². The van der Waals surface area contributed by atoms with Crippen LogP contribution in [0.5, 0.6) is 5.75 Å². The lowest BCUT2D eigenvalue weighted by molar-refractivity contribution is -0.146. The fourth-order valence-corrected chi connectivity index (χ4v) is 3.69. The van der Waals surface area contributed by atoms with Crippen LogP contribution in [0.15, 0.2) is 48.5 Å². The summed E-state index contributed by atoms with van der Waals surface area (Å²) in [7, 11) is 1.65.